The van der Waals surface area contributed by atoms with Crippen molar-refractivity contribution in [2.24, 2.45) is 0 Å². The fourth-order valence-electron chi connectivity index (χ4n) is 1.94. The van der Waals surface area contributed by atoms with Crippen LogP contribution >= 0.6 is 0 Å². The molecule has 2 aromatic carbocycles. The Kier molecular flexibility index (Phi) is 3.85. The number of aliphatic hydroxyl groups is 1. The lowest BCUT2D eigenvalue weighted by Crippen LogP contribution is -2.03. The number of ether oxygens (including phenoxy) is 2. The van der Waals surface area contributed by atoms with Gasteiger partial charge in [-0.3, -0.25) is 0 Å². The third kappa shape index (κ3) is 2.31. The lowest BCUT2D eigenvalue weighted by molar-refractivity contribution is 0.213. The van der Waals surface area contributed by atoms with Gasteiger partial charge in [-0.15, -0.1) is 0 Å². The zero-order valence-electron chi connectivity index (χ0n) is 10.5. The van der Waals surface area contributed by atoms with E-state index in [1.54, 1.807) is 20.3 Å². The van der Waals surface area contributed by atoms with E-state index in [-0.39, 0.29) is 0 Å². The minimum Gasteiger partial charge on any atom is -0.493 e. The van der Waals surface area contributed by atoms with Crippen molar-refractivity contribution in [1.82, 2.24) is 0 Å². The Bertz CT molecular complexity index is 508. The first-order valence-electron chi connectivity index (χ1n) is 5.71. The average Bonchev–Trinajstić information content (AvgIpc) is 2.46. The van der Waals surface area contributed by atoms with Crippen LogP contribution in [0, 0.1) is 0 Å². The normalized spacial score (nSPS) is 11.9. The Labute approximate surface area is 107 Å². The number of hydrogen-bond acceptors (Lipinski definition) is 3. The maximum Gasteiger partial charge on any atom is 0.166 e. The van der Waals surface area contributed by atoms with Crippen molar-refractivity contribution in [1.29, 1.82) is 0 Å². The molecule has 2 aromatic rings. The summed E-state index contributed by atoms with van der Waals surface area (Å²) in [5.41, 5.74) is 1.52. The highest BCUT2D eigenvalue weighted by Gasteiger charge is 2.18. The summed E-state index contributed by atoms with van der Waals surface area (Å²) in [5, 5.41) is 10.4. The molecule has 0 saturated heterocycles. The lowest BCUT2D eigenvalue weighted by atomic mass is 10.0. The van der Waals surface area contributed by atoms with Gasteiger partial charge in [0.15, 0.2) is 11.5 Å². The number of aliphatic hydroxyl groups excluding tert-OH is 1. The number of para-hydroxylation sites is 1. The SMILES string of the molecule is COc1cccc([C@H](O)c2ccccc2)c1OC. The van der Waals surface area contributed by atoms with Gasteiger partial charge in [0, 0.05) is 5.56 Å². The predicted octanol–water partition coefficient (Wildman–Crippen LogP) is 2.79. The molecular weight excluding hydrogens is 228 g/mol. The molecule has 0 aliphatic carbocycles. The van der Waals surface area contributed by atoms with Gasteiger partial charge in [0.25, 0.3) is 0 Å². The Morgan fingerprint density at radius 2 is 1.61 bits per heavy atom. The van der Waals surface area contributed by atoms with Crippen molar-refractivity contribution in [3.05, 3.63) is 59.7 Å². The first-order chi connectivity index (χ1) is 8.77. The molecule has 2 rings (SSSR count). The zero-order valence-corrected chi connectivity index (χ0v) is 10.5. The van der Waals surface area contributed by atoms with Gasteiger partial charge in [0.05, 0.1) is 14.2 Å². The molecule has 3 nitrogen and oxygen atoms in total. The van der Waals surface area contributed by atoms with Crippen LogP contribution in [0.5, 0.6) is 11.5 Å². The number of rotatable bonds is 4. The Balaban J connectivity index is 2.45. The first kappa shape index (κ1) is 12.5. The second-order valence-corrected chi connectivity index (χ2v) is 3.90. The minimum atomic E-state index is -0.726. The summed E-state index contributed by atoms with van der Waals surface area (Å²) in [5.74, 6) is 1.18. The van der Waals surface area contributed by atoms with Crippen LogP contribution in [0.15, 0.2) is 48.5 Å². The molecule has 1 N–H and O–H groups in total. The molecule has 0 unspecified atom stereocenters. The molecular formula is C15H16O3. The van der Waals surface area contributed by atoms with E-state index in [1.165, 1.54) is 0 Å². The van der Waals surface area contributed by atoms with Crippen LogP contribution in [0.25, 0.3) is 0 Å². The van der Waals surface area contributed by atoms with Gasteiger partial charge in [-0.1, -0.05) is 42.5 Å². The predicted molar refractivity (Wildman–Crippen MR) is 70.0 cm³/mol. The quantitative estimate of drug-likeness (QED) is 0.898. The highest BCUT2D eigenvalue weighted by molar-refractivity contribution is 5.49. The van der Waals surface area contributed by atoms with Crippen molar-refractivity contribution in [2.45, 2.75) is 6.10 Å². The van der Waals surface area contributed by atoms with Gasteiger partial charge in [-0.2, -0.15) is 0 Å². The van der Waals surface area contributed by atoms with Crippen molar-refractivity contribution in [3.8, 4) is 11.5 Å². The van der Waals surface area contributed by atoms with Gasteiger partial charge >= 0.3 is 0 Å². The standard InChI is InChI=1S/C15H16O3/c1-17-13-10-6-9-12(15(13)18-2)14(16)11-7-4-3-5-8-11/h3-10,14,16H,1-2H3/t14-/m1/s1. The second-order valence-electron chi connectivity index (χ2n) is 3.90. The summed E-state index contributed by atoms with van der Waals surface area (Å²) < 4.78 is 10.6. The molecule has 94 valence electrons. The first-order valence-corrected chi connectivity index (χ1v) is 5.71. The van der Waals surface area contributed by atoms with Gasteiger partial charge in [-0.05, 0) is 11.6 Å². The number of benzene rings is 2. The maximum absolute atomic E-state index is 10.4. The van der Waals surface area contributed by atoms with E-state index in [1.807, 2.05) is 42.5 Å². The second kappa shape index (κ2) is 5.56. The van der Waals surface area contributed by atoms with E-state index < -0.39 is 6.10 Å². The lowest BCUT2D eigenvalue weighted by Gasteiger charge is -2.17. The smallest absolute Gasteiger partial charge is 0.166 e. The van der Waals surface area contributed by atoms with Crippen molar-refractivity contribution < 1.29 is 14.6 Å². The Morgan fingerprint density at radius 3 is 2.22 bits per heavy atom. The van der Waals surface area contributed by atoms with Gasteiger partial charge < -0.3 is 14.6 Å². The highest BCUT2D eigenvalue weighted by Crippen LogP contribution is 2.36. The summed E-state index contributed by atoms with van der Waals surface area (Å²) in [6.45, 7) is 0. The Morgan fingerprint density at radius 1 is 0.889 bits per heavy atom. The molecule has 0 spiro atoms. The van der Waals surface area contributed by atoms with E-state index in [0.717, 1.165) is 5.56 Å². The van der Waals surface area contributed by atoms with E-state index in [4.69, 9.17) is 9.47 Å². The third-order valence-electron chi connectivity index (χ3n) is 2.84. The van der Waals surface area contributed by atoms with Gasteiger partial charge in [0.2, 0.25) is 0 Å². The van der Waals surface area contributed by atoms with Crippen molar-refractivity contribution in [3.63, 3.8) is 0 Å². The van der Waals surface area contributed by atoms with Crippen molar-refractivity contribution >= 4 is 0 Å². The van der Waals surface area contributed by atoms with Crippen LogP contribution in [-0.4, -0.2) is 19.3 Å². The largest absolute Gasteiger partial charge is 0.493 e. The maximum atomic E-state index is 10.4. The number of hydrogen-bond donors (Lipinski definition) is 1. The van der Waals surface area contributed by atoms with Crippen LogP contribution in [0.1, 0.15) is 17.2 Å². The molecule has 3 heteroatoms. The molecule has 0 aliphatic heterocycles. The molecule has 0 aliphatic rings. The van der Waals surface area contributed by atoms with E-state index >= 15 is 0 Å². The number of methoxy groups -OCH3 is 2. The molecule has 18 heavy (non-hydrogen) atoms. The van der Waals surface area contributed by atoms with Crippen LogP contribution in [0.3, 0.4) is 0 Å². The average molecular weight is 244 g/mol. The molecule has 0 saturated carbocycles. The van der Waals surface area contributed by atoms with Crippen LogP contribution < -0.4 is 9.47 Å². The third-order valence-corrected chi connectivity index (χ3v) is 2.84. The molecule has 1 atom stereocenters. The van der Waals surface area contributed by atoms with E-state index in [9.17, 15) is 5.11 Å². The zero-order chi connectivity index (χ0) is 13.0. The molecule has 0 bridgehead atoms. The fourth-order valence-corrected chi connectivity index (χ4v) is 1.94. The van der Waals surface area contributed by atoms with Gasteiger partial charge in [-0.25, -0.2) is 0 Å². The Hall–Kier alpha value is -2.00. The molecule has 0 radical (unpaired) electrons. The molecule has 0 fully saturated rings. The summed E-state index contributed by atoms with van der Waals surface area (Å²) in [6, 6.07) is 14.9. The summed E-state index contributed by atoms with van der Waals surface area (Å²) in [7, 11) is 3.15. The summed E-state index contributed by atoms with van der Waals surface area (Å²) >= 11 is 0. The van der Waals surface area contributed by atoms with E-state index in [2.05, 4.69) is 0 Å². The van der Waals surface area contributed by atoms with Crippen LogP contribution in [0.2, 0.25) is 0 Å². The molecule has 0 aromatic heterocycles. The minimum absolute atomic E-state index is 0.566. The molecule has 0 heterocycles. The topological polar surface area (TPSA) is 38.7 Å². The molecule has 0 amide bonds. The van der Waals surface area contributed by atoms with Crippen molar-refractivity contribution in [2.75, 3.05) is 14.2 Å². The monoisotopic (exact) mass is 244 g/mol. The van der Waals surface area contributed by atoms with Gasteiger partial charge in [0.1, 0.15) is 6.10 Å². The van der Waals surface area contributed by atoms with Crippen LogP contribution in [-0.2, 0) is 0 Å². The summed E-state index contributed by atoms with van der Waals surface area (Å²) in [6.07, 6.45) is -0.726. The van der Waals surface area contributed by atoms with Crippen LogP contribution in [0.4, 0.5) is 0 Å². The summed E-state index contributed by atoms with van der Waals surface area (Å²) in [4.78, 5) is 0. The van der Waals surface area contributed by atoms with E-state index in [0.29, 0.717) is 17.1 Å². The highest BCUT2D eigenvalue weighted by atomic mass is 16.5. The fraction of sp³-hybridized carbons (Fsp3) is 0.200.